The van der Waals surface area contributed by atoms with Gasteiger partial charge in [-0.1, -0.05) is 11.6 Å². The Kier molecular flexibility index (Phi) is 3.91. The van der Waals surface area contributed by atoms with Gasteiger partial charge in [0.25, 0.3) is 15.5 Å². The second-order valence-corrected chi connectivity index (χ2v) is 6.06. The van der Waals surface area contributed by atoms with Crippen molar-refractivity contribution in [3.63, 3.8) is 0 Å². The molecule has 0 amide bonds. The second-order valence-electron chi connectivity index (χ2n) is 2.38. The van der Waals surface area contributed by atoms with Crippen LogP contribution >= 0.6 is 38.2 Å². The summed E-state index contributed by atoms with van der Waals surface area (Å²) in [4.78, 5) is 3.27. The Labute approximate surface area is 102 Å². The van der Waals surface area contributed by atoms with E-state index in [-0.39, 0.29) is 9.50 Å². The monoisotopic (exact) mass is 339 g/mol. The molecular weight excluding hydrogens is 339 g/mol. The molecule has 1 heterocycles. The maximum atomic E-state index is 12.5. The molecule has 0 unspecified atom stereocenters. The number of hydrogen-bond acceptors (Lipinski definition) is 3. The molecule has 0 radical (unpaired) electrons. The predicted molar refractivity (Wildman–Crippen MR) is 54.9 cm³/mol. The van der Waals surface area contributed by atoms with Crippen LogP contribution in [0.15, 0.2) is 15.7 Å². The first-order valence-electron chi connectivity index (χ1n) is 3.32. The molecule has 0 saturated carbocycles. The summed E-state index contributed by atoms with van der Waals surface area (Å²) in [5, 5.41) is -1.01. The van der Waals surface area contributed by atoms with Crippen molar-refractivity contribution in [2.45, 2.75) is 11.5 Å². The molecule has 0 N–H and O–H groups in total. The van der Waals surface area contributed by atoms with Crippen molar-refractivity contribution in [2.24, 2.45) is 0 Å². The molecule has 0 bridgehead atoms. The van der Waals surface area contributed by atoms with E-state index in [0.717, 1.165) is 6.20 Å². The van der Waals surface area contributed by atoms with E-state index < -0.39 is 26.1 Å². The zero-order valence-electron chi connectivity index (χ0n) is 6.72. The average molecular weight is 341 g/mol. The third-order valence-electron chi connectivity index (χ3n) is 1.42. The summed E-state index contributed by atoms with van der Waals surface area (Å²) in [7, 11) is 0.619. The highest BCUT2D eigenvalue weighted by atomic mass is 79.9. The summed E-state index contributed by atoms with van der Waals surface area (Å²) >= 11 is 8.25. The summed E-state index contributed by atoms with van der Waals surface area (Å²) < 4.78 is 46.7. The molecule has 9 heteroatoms. The minimum absolute atomic E-state index is 0.116. The molecule has 15 heavy (non-hydrogen) atoms. The summed E-state index contributed by atoms with van der Waals surface area (Å²) in [6.07, 6.45) is -2.12. The topological polar surface area (TPSA) is 47.0 Å². The van der Waals surface area contributed by atoms with E-state index in [0.29, 0.717) is 0 Å². The van der Waals surface area contributed by atoms with Crippen LogP contribution in [0, 0.1) is 0 Å². The maximum Gasteiger partial charge on any atom is 0.279 e. The van der Waals surface area contributed by atoms with Crippen LogP contribution in [-0.2, 0) is 9.05 Å². The maximum absolute atomic E-state index is 12.5. The number of rotatable bonds is 2. The van der Waals surface area contributed by atoms with Gasteiger partial charge in [-0.3, -0.25) is 0 Å². The molecule has 1 aromatic rings. The molecule has 84 valence electrons. The summed E-state index contributed by atoms with van der Waals surface area (Å²) in [5.41, 5.74) is -0.836. The van der Waals surface area contributed by atoms with E-state index in [1.807, 2.05) is 0 Å². The van der Waals surface area contributed by atoms with Crippen LogP contribution in [-0.4, -0.2) is 13.4 Å². The molecule has 1 rings (SSSR count). The quantitative estimate of drug-likeness (QED) is 0.775. The van der Waals surface area contributed by atoms with Gasteiger partial charge in [0.1, 0.15) is 0 Å². The summed E-state index contributed by atoms with van der Waals surface area (Å²) in [6, 6.07) is 0. The van der Waals surface area contributed by atoms with Gasteiger partial charge in [0.2, 0.25) is 0 Å². The highest BCUT2D eigenvalue weighted by Gasteiger charge is 2.27. The molecule has 0 aliphatic heterocycles. The first-order chi connectivity index (χ1) is 6.75. The van der Waals surface area contributed by atoms with Gasteiger partial charge >= 0.3 is 0 Å². The Morgan fingerprint density at radius 2 is 2.00 bits per heavy atom. The van der Waals surface area contributed by atoms with Crippen molar-refractivity contribution in [1.29, 1.82) is 0 Å². The number of pyridine rings is 1. The molecule has 0 aromatic carbocycles. The lowest BCUT2D eigenvalue weighted by molar-refractivity contribution is 0.146. The highest BCUT2D eigenvalue weighted by Crippen LogP contribution is 2.37. The van der Waals surface area contributed by atoms with E-state index in [9.17, 15) is 17.2 Å². The van der Waals surface area contributed by atoms with Crippen LogP contribution in [0.25, 0.3) is 0 Å². The molecule has 0 fully saturated rings. The van der Waals surface area contributed by atoms with Gasteiger partial charge in [-0.25, -0.2) is 22.2 Å². The Hall–Kier alpha value is 0.0200. The van der Waals surface area contributed by atoms with Gasteiger partial charge < -0.3 is 0 Å². The van der Waals surface area contributed by atoms with Gasteiger partial charge in [0.05, 0.1) is 10.6 Å². The standard InChI is InChI=1S/C6H2BrCl2F2NO2S/c7-4-2(8)1-12-6(15(9,13)14)3(4)5(10)11/h1,5H. The highest BCUT2D eigenvalue weighted by molar-refractivity contribution is 9.10. The third kappa shape index (κ3) is 2.77. The van der Waals surface area contributed by atoms with Crippen molar-refractivity contribution < 1.29 is 17.2 Å². The molecule has 0 atom stereocenters. The molecule has 1 aromatic heterocycles. The lowest BCUT2D eigenvalue weighted by Gasteiger charge is -2.08. The number of hydrogen-bond donors (Lipinski definition) is 0. The fourth-order valence-electron chi connectivity index (χ4n) is 0.847. The zero-order chi connectivity index (χ0) is 11.8. The molecule has 0 aliphatic carbocycles. The molecule has 0 aliphatic rings. The third-order valence-corrected chi connectivity index (χ3v) is 4.02. The van der Waals surface area contributed by atoms with E-state index in [1.165, 1.54) is 0 Å². The van der Waals surface area contributed by atoms with Gasteiger partial charge in [0, 0.05) is 21.4 Å². The van der Waals surface area contributed by atoms with Crippen LogP contribution in [0.4, 0.5) is 8.78 Å². The van der Waals surface area contributed by atoms with Crippen LogP contribution in [0.5, 0.6) is 0 Å². The second kappa shape index (κ2) is 4.48. The van der Waals surface area contributed by atoms with E-state index in [2.05, 4.69) is 20.9 Å². The van der Waals surface area contributed by atoms with E-state index in [4.69, 9.17) is 22.3 Å². The van der Waals surface area contributed by atoms with Crippen molar-refractivity contribution in [3.8, 4) is 0 Å². The molecule has 0 spiro atoms. The number of alkyl halides is 2. The molecular formula is C6H2BrCl2F2NO2S. The van der Waals surface area contributed by atoms with Crippen molar-refractivity contribution in [3.05, 3.63) is 21.3 Å². The minimum atomic E-state index is -4.33. The minimum Gasteiger partial charge on any atom is -0.241 e. The number of halogens is 5. The number of nitrogens with zero attached hydrogens (tertiary/aromatic N) is 1. The first kappa shape index (κ1) is 13.1. The van der Waals surface area contributed by atoms with Gasteiger partial charge in [-0.05, 0) is 15.9 Å². The lowest BCUT2D eigenvalue weighted by Crippen LogP contribution is -2.03. The van der Waals surface area contributed by atoms with E-state index >= 15 is 0 Å². The lowest BCUT2D eigenvalue weighted by atomic mass is 10.3. The molecule has 0 saturated heterocycles. The van der Waals surface area contributed by atoms with E-state index in [1.54, 1.807) is 0 Å². The normalized spacial score (nSPS) is 12.1. The van der Waals surface area contributed by atoms with Gasteiger partial charge in [0.15, 0.2) is 5.03 Å². The Morgan fingerprint density at radius 3 is 2.40 bits per heavy atom. The zero-order valence-corrected chi connectivity index (χ0v) is 10.6. The Morgan fingerprint density at radius 1 is 1.47 bits per heavy atom. The predicted octanol–water partition coefficient (Wildman–Crippen LogP) is 3.36. The number of aromatic nitrogens is 1. The van der Waals surface area contributed by atoms with Crippen molar-refractivity contribution in [1.82, 2.24) is 4.98 Å². The largest absolute Gasteiger partial charge is 0.279 e. The average Bonchev–Trinajstić information content (AvgIpc) is 2.06. The smallest absolute Gasteiger partial charge is 0.241 e. The fraction of sp³-hybridized carbons (Fsp3) is 0.167. The van der Waals surface area contributed by atoms with Gasteiger partial charge in [-0.15, -0.1) is 0 Å². The van der Waals surface area contributed by atoms with Crippen molar-refractivity contribution >= 4 is 47.3 Å². The summed E-state index contributed by atoms with van der Waals surface area (Å²) in [6.45, 7) is 0. The summed E-state index contributed by atoms with van der Waals surface area (Å²) in [5.74, 6) is 0. The van der Waals surface area contributed by atoms with Crippen LogP contribution in [0.3, 0.4) is 0 Å². The van der Waals surface area contributed by atoms with Crippen LogP contribution < -0.4 is 0 Å². The SMILES string of the molecule is O=S(=O)(Cl)c1ncc(Cl)c(Br)c1C(F)F. The van der Waals surface area contributed by atoms with Crippen molar-refractivity contribution in [2.75, 3.05) is 0 Å². The Balaban J connectivity index is 3.62. The first-order valence-corrected chi connectivity index (χ1v) is 6.80. The fourth-order valence-corrected chi connectivity index (χ4v) is 2.59. The van der Waals surface area contributed by atoms with Crippen LogP contribution in [0.1, 0.15) is 12.0 Å². The molecule has 3 nitrogen and oxygen atoms in total. The van der Waals surface area contributed by atoms with Gasteiger partial charge in [-0.2, -0.15) is 0 Å². The van der Waals surface area contributed by atoms with Crippen LogP contribution in [0.2, 0.25) is 5.02 Å². The Bertz CT molecular complexity index is 494.